The number of hydrogen-bond acceptors (Lipinski definition) is 6. The maximum Gasteiger partial charge on any atom is 0.410 e. The zero-order valence-corrected chi connectivity index (χ0v) is 17.4. The van der Waals surface area contributed by atoms with E-state index in [9.17, 15) is 19.2 Å². The molecule has 29 heavy (non-hydrogen) atoms. The summed E-state index contributed by atoms with van der Waals surface area (Å²) in [5.74, 6) is -1.06. The Labute approximate surface area is 171 Å². The van der Waals surface area contributed by atoms with E-state index in [1.165, 1.54) is 18.7 Å². The van der Waals surface area contributed by atoms with Crippen molar-refractivity contribution < 1.29 is 23.9 Å². The fourth-order valence-electron chi connectivity index (χ4n) is 2.71. The quantitative estimate of drug-likeness (QED) is 0.707. The van der Waals surface area contributed by atoms with Crippen LogP contribution in [0.1, 0.15) is 46.1 Å². The Morgan fingerprint density at radius 3 is 2.66 bits per heavy atom. The van der Waals surface area contributed by atoms with Gasteiger partial charge in [0.05, 0.1) is 6.54 Å². The standard InChI is InChI=1S/C18H24N4O5.C2H6/c1-12(23)9-20-16(24)13(2)21-17(25)15-6-4-8-22(15)18(26)27-11-14-5-3-7-19-10-14;1-2/h3,5,7,10,13,15H,4,6,8-9,11H2,1-2H3,(H,20,24)(H,21,25);1-2H3/t13-,15?;/m0./s1. The number of amides is 3. The Morgan fingerprint density at radius 1 is 1.31 bits per heavy atom. The van der Waals surface area contributed by atoms with Gasteiger partial charge in [0.1, 0.15) is 24.5 Å². The largest absolute Gasteiger partial charge is 0.444 e. The van der Waals surface area contributed by atoms with Crippen LogP contribution in [-0.2, 0) is 25.7 Å². The average molecular weight is 406 g/mol. The molecule has 2 atom stereocenters. The fraction of sp³-hybridized carbons (Fsp3) is 0.550. The molecule has 1 aromatic rings. The van der Waals surface area contributed by atoms with Crippen molar-refractivity contribution >= 4 is 23.7 Å². The summed E-state index contributed by atoms with van der Waals surface area (Å²) in [6.45, 7) is 7.27. The molecule has 1 aliphatic heterocycles. The summed E-state index contributed by atoms with van der Waals surface area (Å²) in [5.41, 5.74) is 0.752. The highest BCUT2D eigenvalue weighted by atomic mass is 16.6. The van der Waals surface area contributed by atoms with E-state index in [1.54, 1.807) is 24.5 Å². The molecule has 1 fully saturated rings. The van der Waals surface area contributed by atoms with E-state index in [0.717, 1.165) is 5.56 Å². The number of aromatic nitrogens is 1. The van der Waals surface area contributed by atoms with Gasteiger partial charge in [-0.15, -0.1) is 0 Å². The lowest BCUT2D eigenvalue weighted by Crippen LogP contribution is -2.52. The highest BCUT2D eigenvalue weighted by Gasteiger charge is 2.36. The Bertz CT molecular complexity index is 695. The average Bonchev–Trinajstić information content (AvgIpc) is 3.22. The second-order valence-corrected chi connectivity index (χ2v) is 6.42. The Hall–Kier alpha value is -2.97. The first-order valence-corrected chi connectivity index (χ1v) is 9.78. The van der Waals surface area contributed by atoms with Gasteiger partial charge in [-0.2, -0.15) is 0 Å². The lowest BCUT2D eigenvalue weighted by molar-refractivity contribution is -0.131. The van der Waals surface area contributed by atoms with E-state index in [0.29, 0.717) is 19.4 Å². The van der Waals surface area contributed by atoms with Crippen molar-refractivity contribution in [3.8, 4) is 0 Å². The normalized spacial score (nSPS) is 16.1. The maximum absolute atomic E-state index is 12.5. The number of carbonyl (C=O) groups excluding carboxylic acids is 4. The molecule has 1 aromatic heterocycles. The number of rotatable bonds is 7. The maximum atomic E-state index is 12.5. The molecule has 0 saturated carbocycles. The third-order valence-electron chi connectivity index (χ3n) is 4.14. The fourth-order valence-corrected chi connectivity index (χ4v) is 2.71. The summed E-state index contributed by atoms with van der Waals surface area (Å²) >= 11 is 0. The molecule has 3 amide bonds. The van der Waals surface area contributed by atoms with Crippen molar-refractivity contribution in [2.24, 2.45) is 0 Å². The van der Waals surface area contributed by atoms with Gasteiger partial charge in [0.2, 0.25) is 11.8 Å². The summed E-state index contributed by atoms with van der Waals surface area (Å²) in [6, 6.07) is 2.03. The van der Waals surface area contributed by atoms with Crippen molar-refractivity contribution in [2.75, 3.05) is 13.1 Å². The van der Waals surface area contributed by atoms with E-state index in [2.05, 4.69) is 15.6 Å². The van der Waals surface area contributed by atoms with Gasteiger partial charge in [0, 0.05) is 24.5 Å². The van der Waals surface area contributed by atoms with Crippen LogP contribution in [0.4, 0.5) is 4.79 Å². The van der Waals surface area contributed by atoms with E-state index < -0.39 is 30.0 Å². The number of ketones is 1. The topological polar surface area (TPSA) is 118 Å². The second-order valence-electron chi connectivity index (χ2n) is 6.42. The van der Waals surface area contributed by atoms with Crippen molar-refractivity contribution in [3.05, 3.63) is 30.1 Å². The molecule has 1 aliphatic rings. The molecular formula is C20H30N4O5. The van der Waals surface area contributed by atoms with E-state index >= 15 is 0 Å². The molecule has 2 N–H and O–H groups in total. The number of ether oxygens (including phenoxy) is 1. The van der Waals surface area contributed by atoms with E-state index in [1.807, 2.05) is 13.8 Å². The minimum Gasteiger partial charge on any atom is -0.444 e. The van der Waals surface area contributed by atoms with E-state index in [-0.39, 0.29) is 18.9 Å². The smallest absolute Gasteiger partial charge is 0.410 e. The molecule has 0 bridgehead atoms. The number of nitrogens with zero attached hydrogens (tertiary/aromatic N) is 2. The molecule has 9 nitrogen and oxygen atoms in total. The van der Waals surface area contributed by atoms with Gasteiger partial charge >= 0.3 is 6.09 Å². The van der Waals surface area contributed by atoms with Crippen LogP contribution >= 0.6 is 0 Å². The third-order valence-corrected chi connectivity index (χ3v) is 4.14. The van der Waals surface area contributed by atoms with Crippen LogP contribution in [0.25, 0.3) is 0 Å². The predicted molar refractivity (Wildman–Crippen MR) is 107 cm³/mol. The second kappa shape index (κ2) is 12.5. The lowest BCUT2D eigenvalue weighted by Gasteiger charge is -2.24. The first-order chi connectivity index (χ1) is 13.9. The number of pyridine rings is 1. The van der Waals surface area contributed by atoms with Gasteiger partial charge in [0.25, 0.3) is 0 Å². The van der Waals surface area contributed by atoms with Crippen molar-refractivity contribution in [1.82, 2.24) is 20.5 Å². The first kappa shape index (κ1) is 24.1. The Kier molecular flexibility index (Phi) is 10.4. The Morgan fingerprint density at radius 2 is 2.03 bits per heavy atom. The van der Waals surface area contributed by atoms with Gasteiger partial charge in [-0.05, 0) is 32.8 Å². The van der Waals surface area contributed by atoms with Crippen LogP contribution < -0.4 is 10.6 Å². The SMILES string of the molecule is CC.CC(=O)CNC(=O)[C@H](C)NC(=O)C1CCCN1C(=O)OCc1cccnc1. The van der Waals surface area contributed by atoms with Crippen LogP contribution in [0.15, 0.2) is 24.5 Å². The van der Waals surface area contributed by atoms with Crippen LogP contribution in [-0.4, -0.2) is 58.7 Å². The minimum atomic E-state index is -0.814. The zero-order valence-electron chi connectivity index (χ0n) is 17.4. The summed E-state index contributed by atoms with van der Waals surface area (Å²) in [7, 11) is 0. The van der Waals surface area contributed by atoms with Crippen molar-refractivity contribution in [3.63, 3.8) is 0 Å². The summed E-state index contributed by atoms with van der Waals surface area (Å²) < 4.78 is 5.26. The van der Waals surface area contributed by atoms with Crippen LogP contribution in [0.3, 0.4) is 0 Å². The van der Waals surface area contributed by atoms with Crippen molar-refractivity contribution in [2.45, 2.75) is 59.2 Å². The van der Waals surface area contributed by atoms with Crippen LogP contribution in [0, 0.1) is 0 Å². The molecule has 1 saturated heterocycles. The predicted octanol–water partition coefficient (Wildman–Crippen LogP) is 1.42. The van der Waals surface area contributed by atoms with Gasteiger partial charge in [-0.1, -0.05) is 19.9 Å². The third kappa shape index (κ3) is 7.89. The molecule has 2 heterocycles. The van der Waals surface area contributed by atoms with Crippen molar-refractivity contribution in [1.29, 1.82) is 0 Å². The zero-order chi connectivity index (χ0) is 21.8. The van der Waals surface area contributed by atoms with Crippen LogP contribution in [0.2, 0.25) is 0 Å². The van der Waals surface area contributed by atoms with Gasteiger partial charge in [-0.25, -0.2) is 4.79 Å². The molecule has 2 rings (SSSR count). The summed E-state index contributed by atoms with van der Waals surface area (Å²) in [4.78, 5) is 52.9. The molecule has 0 radical (unpaired) electrons. The van der Waals surface area contributed by atoms with Gasteiger partial charge in [-0.3, -0.25) is 24.3 Å². The highest BCUT2D eigenvalue weighted by molar-refractivity contribution is 5.92. The molecule has 9 heteroatoms. The highest BCUT2D eigenvalue weighted by Crippen LogP contribution is 2.19. The monoisotopic (exact) mass is 406 g/mol. The molecule has 160 valence electrons. The van der Waals surface area contributed by atoms with E-state index in [4.69, 9.17) is 4.74 Å². The molecule has 1 unspecified atom stereocenters. The van der Waals surface area contributed by atoms with Crippen LogP contribution in [0.5, 0.6) is 0 Å². The number of nitrogens with one attached hydrogen (secondary N) is 2. The molecule has 0 aromatic carbocycles. The minimum absolute atomic E-state index is 0.0708. The first-order valence-electron chi connectivity index (χ1n) is 9.78. The number of carbonyl (C=O) groups is 4. The number of hydrogen-bond donors (Lipinski definition) is 2. The summed E-state index contributed by atoms with van der Waals surface area (Å²) in [5, 5.41) is 5.02. The number of likely N-dealkylation sites (tertiary alicyclic amines) is 1. The lowest BCUT2D eigenvalue weighted by atomic mass is 10.2. The molecule has 0 spiro atoms. The van der Waals surface area contributed by atoms with Gasteiger partial charge < -0.3 is 15.4 Å². The van der Waals surface area contributed by atoms with Gasteiger partial charge in [0.15, 0.2) is 0 Å². The molecular weight excluding hydrogens is 376 g/mol. The summed E-state index contributed by atoms with van der Waals surface area (Å²) in [6.07, 6.45) is 3.81. The molecule has 0 aliphatic carbocycles. The number of Topliss-reactive ketones (excluding diaryl/α,β-unsaturated/α-hetero) is 1. The Balaban J connectivity index is 0.00000204.